The van der Waals surface area contributed by atoms with Crippen LogP contribution in [0.5, 0.6) is 0 Å². The van der Waals surface area contributed by atoms with Crippen LogP contribution >= 0.6 is 23.4 Å². The maximum atomic E-state index is 12.3. The van der Waals surface area contributed by atoms with Crippen LogP contribution in [-0.4, -0.2) is 32.3 Å². The molecule has 3 aromatic carbocycles. The lowest BCUT2D eigenvalue weighted by atomic mass is 10.2. The van der Waals surface area contributed by atoms with Crippen LogP contribution in [0.4, 0.5) is 5.69 Å². The van der Waals surface area contributed by atoms with Crippen LogP contribution < -0.4 is 5.43 Å². The number of nitro groups is 1. The molecule has 4 aromatic rings. The first-order valence-electron chi connectivity index (χ1n) is 10.6. The number of nitrogens with one attached hydrogen (secondary N) is 1. The van der Waals surface area contributed by atoms with E-state index >= 15 is 0 Å². The molecule has 8 nitrogen and oxygen atoms in total. The van der Waals surface area contributed by atoms with E-state index in [1.165, 1.54) is 30.1 Å². The van der Waals surface area contributed by atoms with Crippen LogP contribution in [0.3, 0.4) is 0 Å². The van der Waals surface area contributed by atoms with E-state index in [4.69, 9.17) is 11.6 Å². The van der Waals surface area contributed by atoms with Crippen molar-refractivity contribution in [3.05, 3.63) is 105 Å². The second-order valence-corrected chi connectivity index (χ2v) is 8.69. The van der Waals surface area contributed by atoms with Gasteiger partial charge in [0.25, 0.3) is 11.6 Å². The van der Waals surface area contributed by atoms with Gasteiger partial charge in [-0.2, -0.15) is 5.10 Å². The highest BCUT2D eigenvalue weighted by Gasteiger charge is 2.14. The highest BCUT2D eigenvalue weighted by Crippen LogP contribution is 2.27. The number of thioether (sulfide) groups is 1. The van der Waals surface area contributed by atoms with Crippen LogP contribution in [0.1, 0.15) is 11.1 Å². The fourth-order valence-corrected chi connectivity index (χ4v) is 4.37. The molecule has 0 spiro atoms. The summed E-state index contributed by atoms with van der Waals surface area (Å²) < 4.78 is 2.03. The molecular formula is C25H20ClN5O3S. The van der Waals surface area contributed by atoms with E-state index in [0.29, 0.717) is 22.3 Å². The molecule has 0 radical (unpaired) electrons. The largest absolute Gasteiger partial charge is 0.314 e. The third-order valence-electron chi connectivity index (χ3n) is 5.00. The summed E-state index contributed by atoms with van der Waals surface area (Å²) in [4.78, 5) is 27.6. The number of fused-ring (bicyclic) bond motifs is 1. The van der Waals surface area contributed by atoms with E-state index in [2.05, 4.69) is 15.5 Å². The molecule has 0 aliphatic rings. The topological polar surface area (TPSA) is 102 Å². The molecule has 1 N–H and O–H groups in total. The van der Waals surface area contributed by atoms with Gasteiger partial charge in [-0.25, -0.2) is 10.4 Å². The molecule has 0 fully saturated rings. The highest BCUT2D eigenvalue weighted by atomic mass is 35.5. The van der Waals surface area contributed by atoms with Gasteiger partial charge in [0.2, 0.25) is 0 Å². The fraction of sp³-hybridized carbons (Fsp3) is 0.0800. The summed E-state index contributed by atoms with van der Waals surface area (Å²) in [5.74, 6) is -0.196. The lowest BCUT2D eigenvalue weighted by molar-refractivity contribution is -0.385. The van der Waals surface area contributed by atoms with Crippen molar-refractivity contribution in [2.24, 2.45) is 5.10 Å². The summed E-state index contributed by atoms with van der Waals surface area (Å²) in [6.07, 6.45) is 4.45. The number of para-hydroxylation sites is 3. The first-order valence-corrected chi connectivity index (χ1v) is 11.9. The summed E-state index contributed by atoms with van der Waals surface area (Å²) in [6, 6.07) is 21.8. The van der Waals surface area contributed by atoms with Crippen molar-refractivity contribution in [3.63, 3.8) is 0 Å². The van der Waals surface area contributed by atoms with Gasteiger partial charge in [0.15, 0.2) is 5.16 Å². The lowest BCUT2D eigenvalue weighted by Gasteiger charge is -2.10. The number of hydrazone groups is 1. The number of carbonyl (C=O) groups excluding carboxylic acids is 1. The average Bonchev–Trinajstić information content (AvgIpc) is 3.21. The summed E-state index contributed by atoms with van der Waals surface area (Å²) >= 11 is 7.66. The normalized spacial score (nSPS) is 11.5. The summed E-state index contributed by atoms with van der Waals surface area (Å²) in [7, 11) is 0. The Morgan fingerprint density at radius 1 is 1.11 bits per heavy atom. The van der Waals surface area contributed by atoms with Gasteiger partial charge in [0.05, 0.1) is 33.8 Å². The molecule has 1 aromatic heterocycles. The molecule has 1 amide bonds. The van der Waals surface area contributed by atoms with E-state index in [9.17, 15) is 14.9 Å². The predicted molar refractivity (Wildman–Crippen MR) is 140 cm³/mol. The van der Waals surface area contributed by atoms with E-state index in [1.807, 2.05) is 53.1 Å². The second-order valence-electron chi connectivity index (χ2n) is 7.34. The lowest BCUT2D eigenvalue weighted by Crippen LogP contribution is -2.19. The smallest absolute Gasteiger partial charge is 0.276 e. The molecule has 0 bridgehead atoms. The second kappa shape index (κ2) is 11.5. The summed E-state index contributed by atoms with van der Waals surface area (Å²) in [5, 5.41) is 16.3. The number of rotatable bonds is 9. The van der Waals surface area contributed by atoms with Gasteiger partial charge < -0.3 is 4.57 Å². The SMILES string of the molecule is O=C(CSc1nc2ccccc2n1Cc1ccccc1Cl)N/N=C/C=C\c1ccccc1[N+](=O)[O-]. The van der Waals surface area contributed by atoms with Crippen molar-refractivity contribution in [2.45, 2.75) is 11.7 Å². The molecule has 0 saturated carbocycles. The Hall–Kier alpha value is -3.95. The van der Waals surface area contributed by atoms with Gasteiger partial charge >= 0.3 is 0 Å². The monoisotopic (exact) mass is 505 g/mol. The van der Waals surface area contributed by atoms with E-state index in [1.54, 1.807) is 24.3 Å². The van der Waals surface area contributed by atoms with Gasteiger partial charge in [0, 0.05) is 17.3 Å². The number of hydrogen-bond acceptors (Lipinski definition) is 6. The Morgan fingerprint density at radius 3 is 2.69 bits per heavy atom. The van der Waals surface area contributed by atoms with Gasteiger partial charge in [-0.3, -0.25) is 14.9 Å². The minimum Gasteiger partial charge on any atom is -0.314 e. The van der Waals surface area contributed by atoms with E-state index in [0.717, 1.165) is 16.6 Å². The van der Waals surface area contributed by atoms with Gasteiger partial charge in [-0.15, -0.1) is 0 Å². The van der Waals surface area contributed by atoms with E-state index < -0.39 is 4.92 Å². The van der Waals surface area contributed by atoms with Gasteiger partial charge in [-0.1, -0.05) is 65.8 Å². The number of benzene rings is 3. The number of allylic oxidation sites excluding steroid dienone is 1. The minimum atomic E-state index is -0.450. The maximum absolute atomic E-state index is 12.3. The number of carbonyl (C=O) groups is 1. The first kappa shape index (κ1) is 24.2. The molecule has 0 saturated heterocycles. The van der Waals surface area contributed by atoms with E-state index in [-0.39, 0.29) is 17.3 Å². The van der Waals surface area contributed by atoms with Crippen LogP contribution in [0.2, 0.25) is 5.02 Å². The van der Waals surface area contributed by atoms with Gasteiger partial charge in [0.1, 0.15) is 0 Å². The first-order chi connectivity index (χ1) is 17.0. The molecule has 10 heteroatoms. The standard InChI is InChI=1S/C25H20ClN5O3S/c26-20-11-3-1-9-19(20)16-30-23-14-6-4-12-21(23)28-25(30)35-17-24(32)29-27-15-7-10-18-8-2-5-13-22(18)31(33)34/h1-15H,16-17H2,(H,29,32)/b10-7-,27-15+. The Kier molecular flexibility index (Phi) is 7.92. The van der Waals surface area contributed by atoms with Crippen molar-refractivity contribution in [1.82, 2.24) is 15.0 Å². The number of nitro benzene ring substituents is 1. The Bertz CT molecular complexity index is 1430. The van der Waals surface area contributed by atoms with Crippen molar-refractivity contribution in [2.75, 3.05) is 5.75 Å². The Labute approximate surface area is 210 Å². The highest BCUT2D eigenvalue weighted by molar-refractivity contribution is 7.99. The maximum Gasteiger partial charge on any atom is 0.276 e. The van der Waals surface area contributed by atoms with Crippen LogP contribution in [0, 0.1) is 10.1 Å². The molecular weight excluding hydrogens is 486 g/mol. The summed E-state index contributed by atoms with van der Waals surface area (Å²) in [6.45, 7) is 0.526. The van der Waals surface area contributed by atoms with Crippen molar-refractivity contribution >= 4 is 58.3 Å². The number of nitrogens with zero attached hydrogens (tertiary/aromatic N) is 4. The molecule has 0 atom stereocenters. The van der Waals surface area contributed by atoms with Crippen LogP contribution in [-0.2, 0) is 11.3 Å². The summed E-state index contributed by atoms with van der Waals surface area (Å²) in [5.41, 5.74) is 5.64. The Balaban J connectivity index is 1.39. The molecule has 0 aliphatic carbocycles. The van der Waals surface area contributed by atoms with Crippen molar-refractivity contribution < 1.29 is 9.72 Å². The number of hydrogen-bond donors (Lipinski definition) is 1. The van der Waals surface area contributed by atoms with Crippen molar-refractivity contribution in [3.8, 4) is 0 Å². The molecule has 0 aliphatic heterocycles. The van der Waals surface area contributed by atoms with Gasteiger partial charge in [-0.05, 0) is 42.0 Å². The fourth-order valence-electron chi connectivity index (χ4n) is 3.37. The number of halogens is 1. The van der Waals surface area contributed by atoms with Crippen LogP contribution in [0.25, 0.3) is 17.1 Å². The zero-order valence-corrected chi connectivity index (χ0v) is 19.9. The third-order valence-corrected chi connectivity index (χ3v) is 6.34. The zero-order valence-electron chi connectivity index (χ0n) is 18.4. The third kappa shape index (κ3) is 6.14. The molecule has 0 unspecified atom stereocenters. The number of aromatic nitrogens is 2. The quantitative estimate of drug-likeness (QED) is 0.139. The molecule has 35 heavy (non-hydrogen) atoms. The number of imidazole rings is 1. The van der Waals surface area contributed by atoms with Crippen LogP contribution in [0.15, 0.2) is 89.1 Å². The Morgan fingerprint density at radius 2 is 1.86 bits per heavy atom. The molecule has 1 heterocycles. The number of amides is 1. The minimum absolute atomic E-state index is 0.00253. The average molecular weight is 506 g/mol. The van der Waals surface area contributed by atoms with Crippen molar-refractivity contribution in [1.29, 1.82) is 0 Å². The zero-order chi connectivity index (χ0) is 24.6. The molecule has 176 valence electrons. The predicted octanol–water partition coefficient (Wildman–Crippen LogP) is 5.55. The molecule has 4 rings (SSSR count).